The Morgan fingerprint density at radius 3 is 2.95 bits per heavy atom. The summed E-state index contributed by atoms with van der Waals surface area (Å²) in [6.07, 6.45) is 6.21. The van der Waals surface area contributed by atoms with Gasteiger partial charge in [-0.1, -0.05) is 5.21 Å². The number of pyridine rings is 1. The van der Waals surface area contributed by atoms with Crippen molar-refractivity contribution < 1.29 is 0 Å². The number of hydrogen-bond donors (Lipinski definition) is 0. The monoisotopic (exact) mass is 354 g/mol. The highest BCUT2D eigenvalue weighted by Gasteiger charge is 2.11. The van der Waals surface area contributed by atoms with Crippen LogP contribution in [0.1, 0.15) is 12.2 Å². The third-order valence-corrected chi connectivity index (χ3v) is 3.66. The second kappa shape index (κ2) is 5.88. The number of fused-ring (bicyclic) bond motifs is 1. The summed E-state index contributed by atoms with van der Waals surface area (Å²) in [6.45, 7) is 1.60. The van der Waals surface area contributed by atoms with Gasteiger partial charge in [-0.25, -0.2) is 9.97 Å². The summed E-state index contributed by atoms with van der Waals surface area (Å²) in [5.74, 6) is 1.21. The molecular weight excluding hydrogens is 344 g/mol. The summed E-state index contributed by atoms with van der Waals surface area (Å²) in [7, 11) is 0. The Morgan fingerprint density at radius 1 is 1.30 bits per heavy atom. The van der Waals surface area contributed by atoms with Gasteiger partial charge in [-0.3, -0.25) is 4.68 Å². The maximum atomic E-state index is 5.97. The van der Waals surface area contributed by atoms with Crippen LogP contribution in [0.3, 0.4) is 0 Å². The summed E-state index contributed by atoms with van der Waals surface area (Å²) >= 11 is 9.38. The lowest BCUT2D eigenvalue weighted by atomic mass is 10.4. The number of imidazole rings is 1. The Labute approximate surface area is 128 Å². The zero-order valence-electron chi connectivity index (χ0n) is 10.6. The summed E-state index contributed by atoms with van der Waals surface area (Å²) in [5.41, 5.74) is 1.72. The maximum absolute atomic E-state index is 5.97. The van der Waals surface area contributed by atoms with E-state index in [1.807, 2.05) is 16.9 Å². The molecule has 3 aromatic rings. The van der Waals surface area contributed by atoms with E-state index in [2.05, 4.69) is 40.8 Å². The van der Waals surface area contributed by atoms with Crippen molar-refractivity contribution in [2.45, 2.75) is 25.4 Å². The lowest BCUT2D eigenvalue weighted by Gasteiger charge is -2.06. The molecule has 0 saturated heterocycles. The SMILES string of the molecule is ClCc1nc2cc(Br)cnc2n1CCCn1ccnn1. The van der Waals surface area contributed by atoms with Crippen LogP contribution in [-0.2, 0) is 19.0 Å². The van der Waals surface area contributed by atoms with E-state index < -0.39 is 0 Å². The molecule has 0 fully saturated rings. The molecule has 104 valence electrons. The van der Waals surface area contributed by atoms with Crippen LogP contribution in [0.2, 0.25) is 0 Å². The average Bonchev–Trinajstić information content (AvgIpc) is 3.06. The van der Waals surface area contributed by atoms with Crippen LogP contribution >= 0.6 is 27.5 Å². The molecule has 0 aromatic carbocycles. The molecule has 0 saturated carbocycles. The predicted octanol–water partition coefficient (Wildman–Crippen LogP) is 2.61. The first-order valence-corrected chi connectivity index (χ1v) is 7.51. The van der Waals surface area contributed by atoms with Crippen molar-refractivity contribution in [2.24, 2.45) is 0 Å². The molecule has 3 aromatic heterocycles. The fourth-order valence-corrected chi connectivity index (χ4v) is 2.64. The summed E-state index contributed by atoms with van der Waals surface area (Å²) in [6, 6.07) is 1.95. The molecule has 0 bridgehead atoms. The highest BCUT2D eigenvalue weighted by molar-refractivity contribution is 9.10. The third kappa shape index (κ3) is 2.69. The smallest absolute Gasteiger partial charge is 0.160 e. The van der Waals surface area contributed by atoms with Gasteiger partial charge in [0.2, 0.25) is 0 Å². The van der Waals surface area contributed by atoms with E-state index in [0.717, 1.165) is 41.0 Å². The van der Waals surface area contributed by atoms with Gasteiger partial charge in [0.05, 0.1) is 12.1 Å². The van der Waals surface area contributed by atoms with Crippen LogP contribution in [0.5, 0.6) is 0 Å². The van der Waals surface area contributed by atoms with Crippen LogP contribution < -0.4 is 0 Å². The fraction of sp³-hybridized carbons (Fsp3) is 0.333. The van der Waals surface area contributed by atoms with Crippen molar-refractivity contribution in [3.63, 3.8) is 0 Å². The summed E-state index contributed by atoms with van der Waals surface area (Å²) < 4.78 is 4.79. The van der Waals surface area contributed by atoms with E-state index in [-0.39, 0.29) is 0 Å². The van der Waals surface area contributed by atoms with Crippen molar-refractivity contribution in [1.29, 1.82) is 0 Å². The topological polar surface area (TPSA) is 61.4 Å². The molecule has 0 atom stereocenters. The minimum Gasteiger partial charge on any atom is -0.312 e. The molecule has 0 amide bonds. The van der Waals surface area contributed by atoms with Gasteiger partial charge in [0.1, 0.15) is 11.3 Å². The standard InChI is InChI=1S/C12H12BrClN6/c13-9-6-10-12(15-8-9)20(11(7-14)17-10)4-1-3-19-5-2-16-18-19/h2,5-6,8H,1,3-4,7H2. The van der Waals surface area contributed by atoms with Gasteiger partial charge in [0, 0.05) is 30.0 Å². The largest absolute Gasteiger partial charge is 0.312 e. The zero-order chi connectivity index (χ0) is 13.9. The van der Waals surface area contributed by atoms with Crippen molar-refractivity contribution >= 4 is 38.7 Å². The van der Waals surface area contributed by atoms with Crippen molar-refractivity contribution in [1.82, 2.24) is 29.5 Å². The van der Waals surface area contributed by atoms with Gasteiger partial charge in [0.15, 0.2) is 5.65 Å². The van der Waals surface area contributed by atoms with E-state index in [9.17, 15) is 0 Å². The molecule has 0 aliphatic heterocycles. The molecule has 0 aliphatic rings. The number of nitrogens with zero attached hydrogens (tertiary/aromatic N) is 6. The Kier molecular flexibility index (Phi) is 3.98. The molecule has 6 nitrogen and oxygen atoms in total. The van der Waals surface area contributed by atoms with Gasteiger partial charge in [0.25, 0.3) is 0 Å². The second-order valence-electron chi connectivity index (χ2n) is 4.33. The summed E-state index contributed by atoms with van der Waals surface area (Å²) in [5, 5.41) is 7.73. The normalized spacial score (nSPS) is 11.3. The lowest BCUT2D eigenvalue weighted by molar-refractivity contribution is 0.513. The quantitative estimate of drug-likeness (QED) is 0.660. The van der Waals surface area contributed by atoms with Crippen molar-refractivity contribution in [3.8, 4) is 0 Å². The number of rotatable bonds is 5. The van der Waals surface area contributed by atoms with E-state index in [0.29, 0.717) is 5.88 Å². The highest BCUT2D eigenvalue weighted by atomic mass is 79.9. The molecule has 0 aliphatic carbocycles. The first-order chi connectivity index (χ1) is 9.78. The highest BCUT2D eigenvalue weighted by Crippen LogP contribution is 2.19. The number of aromatic nitrogens is 6. The Hall–Kier alpha value is -1.47. The van der Waals surface area contributed by atoms with Crippen LogP contribution in [0.25, 0.3) is 11.2 Å². The number of alkyl halides is 1. The molecule has 0 radical (unpaired) electrons. The fourth-order valence-electron chi connectivity index (χ4n) is 2.11. The lowest BCUT2D eigenvalue weighted by Crippen LogP contribution is -2.07. The maximum Gasteiger partial charge on any atom is 0.160 e. The summed E-state index contributed by atoms with van der Waals surface area (Å²) in [4.78, 5) is 8.94. The van der Waals surface area contributed by atoms with Crippen LogP contribution in [-0.4, -0.2) is 29.5 Å². The minimum absolute atomic E-state index is 0.372. The van der Waals surface area contributed by atoms with Gasteiger partial charge in [-0.15, -0.1) is 16.7 Å². The third-order valence-electron chi connectivity index (χ3n) is 2.99. The first-order valence-electron chi connectivity index (χ1n) is 6.18. The van der Waals surface area contributed by atoms with Crippen LogP contribution in [0.15, 0.2) is 29.1 Å². The van der Waals surface area contributed by atoms with Crippen molar-refractivity contribution in [2.75, 3.05) is 0 Å². The van der Waals surface area contributed by atoms with E-state index >= 15 is 0 Å². The Bertz CT molecular complexity index is 708. The molecule has 3 rings (SSSR count). The molecule has 8 heteroatoms. The zero-order valence-corrected chi connectivity index (χ0v) is 12.9. The van der Waals surface area contributed by atoms with Gasteiger partial charge in [-0.2, -0.15) is 0 Å². The van der Waals surface area contributed by atoms with Gasteiger partial charge >= 0.3 is 0 Å². The van der Waals surface area contributed by atoms with E-state index in [1.165, 1.54) is 0 Å². The van der Waals surface area contributed by atoms with E-state index in [1.54, 1.807) is 12.4 Å². The average molecular weight is 356 g/mol. The minimum atomic E-state index is 0.372. The number of aryl methyl sites for hydroxylation is 2. The number of halogens is 2. The predicted molar refractivity (Wildman–Crippen MR) is 79.4 cm³/mol. The molecular formula is C12H12BrClN6. The Morgan fingerprint density at radius 2 is 2.20 bits per heavy atom. The van der Waals surface area contributed by atoms with E-state index in [4.69, 9.17) is 11.6 Å². The van der Waals surface area contributed by atoms with Gasteiger partial charge in [-0.05, 0) is 28.4 Å². The second-order valence-corrected chi connectivity index (χ2v) is 5.51. The van der Waals surface area contributed by atoms with Crippen LogP contribution in [0.4, 0.5) is 0 Å². The van der Waals surface area contributed by atoms with Crippen LogP contribution in [0, 0.1) is 0 Å². The molecule has 3 heterocycles. The Balaban J connectivity index is 1.82. The molecule has 0 N–H and O–H groups in total. The molecule has 0 spiro atoms. The van der Waals surface area contributed by atoms with Crippen molar-refractivity contribution in [3.05, 3.63) is 35.0 Å². The van der Waals surface area contributed by atoms with Gasteiger partial charge < -0.3 is 4.57 Å². The molecule has 0 unspecified atom stereocenters. The molecule has 20 heavy (non-hydrogen) atoms. The number of hydrogen-bond acceptors (Lipinski definition) is 4. The first kappa shape index (κ1) is 13.5.